The fourth-order valence-electron chi connectivity index (χ4n) is 7.05. The Morgan fingerprint density at radius 3 is 1.08 bits per heavy atom. The summed E-state index contributed by atoms with van der Waals surface area (Å²) in [5, 5.41) is 48.1. The second-order valence-electron chi connectivity index (χ2n) is 15.1. The van der Waals surface area contributed by atoms with Crippen LogP contribution in [0.15, 0.2) is 146 Å². The molecule has 0 amide bonds. The summed E-state index contributed by atoms with van der Waals surface area (Å²) in [6.45, 7) is 4.85. The summed E-state index contributed by atoms with van der Waals surface area (Å²) in [6, 6.07) is 42.9. The minimum Gasteiger partial charge on any atom is -0.748 e. The van der Waals surface area contributed by atoms with E-state index in [1.165, 1.54) is 0 Å². The Morgan fingerprint density at radius 1 is 0.540 bits per heavy atom. The largest absolute Gasteiger partial charge is 1.00 e. The van der Waals surface area contributed by atoms with Crippen molar-refractivity contribution in [3.05, 3.63) is 179 Å². The van der Waals surface area contributed by atoms with Crippen molar-refractivity contribution in [2.45, 2.75) is 50.4 Å². The molecule has 6 aromatic rings. The summed E-state index contributed by atoms with van der Waals surface area (Å²) >= 11 is 0. The third-order valence-corrected chi connectivity index (χ3v) is 12.9. The summed E-state index contributed by atoms with van der Waals surface area (Å²) in [7, 11) is -7.27. The molecular weight excluding hydrogens is 856 g/mol. The SMILES string of the molecule is CC(c1ccc(O)cc1)(c1ccc(O)cc1)c1ccc(O)cc1.CC(c1ccc(O)cc1)(c1ccc(O)cc1)c1ccc(OCCCCS(=O)(=O)[O-])cc1.O=S1(=O)CCCCO1.[Na+]. The molecule has 15 heteroatoms. The second-order valence-corrected chi connectivity index (χ2v) is 18.4. The van der Waals surface area contributed by atoms with Crippen LogP contribution in [-0.2, 0) is 35.2 Å². The van der Waals surface area contributed by atoms with Crippen LogP contribution in [0.3, 0.4) is 0 Å². The number of phenolic OH excluding ortho intramolecular Hbond substituents is 5. The van der Waals surface area contributed by atoms with Gasteiger partial charge in [0.25, 0.3) is 10.1 Å². The average molecular weight is 907 g/mol. The molecule has 0 aliphatic carbocycles. The number of phenols is 5. The molecule has 6 aromatic carbocycles. The Kier molecular flexibility index (Phi) is 18.1. The van der Waals surface area contributed by atoms with Gasteiger partial charge in [-0.05, 0) is 146 Å². The maximum atomic E-state index is 10.6. The zero-order valence-corrected chi connectivity index (χ0v) is 39.1. The third kappa shape index (κ3) is 14.2. The molecule has 1 fully saturated rings. The van der Waals surface area contributed by atoms with Gasteiger partial charge in [0, 0.05) is 16.6 Å². The van der Waals surface area contributed by atoms with Gasteiger partial charge in [0.1, 0.15) is 34.5 Å². The number of hydrogen-bond donors (Lipinski definition) is 5. The van der Waals surface area contributed by atoms with Gasteiger partial charge in [0.05, 0.1) is 29.1 Å². The standard InChI is InChI=1S/C24H26O6S.C20H18O3.C4H8O3S.Na/c1-24(18-4-10-21(25)11-5-18,19-6-12-22(26)13-7-19)20-8-14-23(15-9-20)30-16-2-3-17-31(27,28)29;1-20(14-2-8-17(21)9-3-14,15-4-10-18(22)11-5-15)16-6-12-19(23)13-7-16;5-8(6)4-2-1-3-7-8;/h4-15,25-26H,2-3,16-17H2,1H3,(H,27,28,29);2-13,21-23H,1H3;1-4H2;/q;;;+1/p-1. The number of ether oxygens (including phenoxy) is 1. The van der Waals surface area contributed by atoms with Crippen molar-refractivity contribution in [2.24, 2.45) is 0 Å². The molecule has 0 unspecified atom stereocenters. The normalized spacial score (nSPS) is 13.5. The molecule has 0 radical (unpaired) electrons. The van der Waals surface area contributed by atoms with E-state index in [2.05, 4.69) is 18.0 Å². The summed E-state index contributed by atoms with van der Waals surface area (Å²) in [5.41, 5.74) is 4.95. The molecule has 0 saturated carbocycles. The number of aromatic hydroxyl groups is 5. The van der Waals surface area contributed by atoms with Crippen LogP contribution in [0.1, 0.15) is 72.9 Å². The predicted octanol–water partition coefficient (Wildman–Crippen LogP) is 5.44. The first-order valence-electron chi connectivity index (χ1n) is 19.9. The van der Waals surface area contributed by atoms with Crippen LogP contribution in [0.4, 0.5) is 0 Å². The van der Waals surface area contributed by atoms with Crippen molar-refractivity contribution in [1.82, 2.24) is 0 Å². The van der Waals surface area contributed by atoms with Crippen LogP contribution in [0.5, 0.6) is 34.5 Å². The monoisotopic (exact) mass is 906 g/mol. The van der Waals surface area contributed by atoms with E-state index in [1.807, 2.05) is 84.9 Å². The first-order chi connectivity index (χ1) is 29.4. The molecule has 12 nitrogen and oxygen atoms in total. The number of unbranched alkanes of at least 4 members (excludes halogenated alkanes) is 1. The Balaban J connectivity index is 0.000000238. The molecule has 1 aliphatic heterocycles. The second kappa shape index (κ2) is 22.5. The third-order valence-electron chi connectivity index (χ3n) is 10.8. The minimum atomic E-state index is -4.19. The Labute approximate surface area is 391 Å². The maximum absolute atomic E-state index is 10.6. The topological polar surface area (TPSA) is 211 Å². The van der Waals surface area contributed by atoms with Crippen LogP contribution in [0, 0.1) is 0 Å². The summed E-state index contributed by atoms with van der Waals surface area (Å²) in [6.07, 6.45) is 2.37. The molecule has 5 N–H and O–H groups in total. The van der Waals surface area contributed by atoms with E-state index in [1.54, 1.807) is 60.7 Å². The van der Waals surface area contributed by atoms with Gasteiger partial charge >= 0.3 is 29.6 Å². The van der Waals surface area contributed by atoms with Gasteiger partial charge in [-0.15, -0.1) is 0 Å². The van der Waals surface area contributed by atoms with Crippen molar-refractivity contribution in [2.75, 3.05) is 24.7 Å². The predicted molar refractivity (Wildman–Crippen MR) is 236 cm³/mol. The molecule has 63 heavy (non-hydrogen) atoms. The van der Waals surface area contributed by atoms with Crippen LogP contribution in [0.2, 0.25) is 0 Å². The van der Waals surface area contributed by atoms with Gasteiger partial charge in [-0.25, -0.2) is 8.42 Å². The zero-order chi connectivity index (χ0) is 45.0. The van der Waals surface area contributed by atoms with E-state index in [9.17, 15) is 46.9 Å². The van der Waals surface area contributed by atoms with Crippen molar-refractivity contribution >= 4 is 20.2 Å². The van der Waals surface area contributed by atoms with Gasteiger partial charge in [-0.1, -0.05) is 72.8 Å². The fraction of sp³-hybridized carbons (Fsp3) is 0.250. The average Bonchev–Trinajstić information content (AvgIpc) is 3.24. The Hall–Kier alpha value is -5.06. The molecule has 1 aliphatic rings. The van der Waals surface area contributed by atoms with E-state index in [0.29, 0.717) is 25.4 Å². The molecule has 1 saturated heterocycles. The molecule has 328 valence electrons. The fourth-order valence-corrected chi connectivity index (χ4v) is 8.66. The van der Waals surface area contributed by atoms with E-state index < -0.39 is 31.1 Å². The first-order valence-corrected chi connectivity index (χ1v) is 23.1. The van der Waals surface area contributed by atoms with E-state index in [-0.39, 0.29) is 76.2 Å². The number of rotatable bonds is 12. The first kappa shape index (κ1) is 50.6. The van der Waals surface area contributed by atoms with Crippen molar-refractivity contribution in [3.63, 3.8) is 0 Å². The van der Waals surface area contributed by atoms with Crippen LogP contribution >= 0.6 is 0 Å². The van der Waals surface area contributed by atoms with E-state index in [4.69, 9.17) is 4.74 Å². The maximum Gasteiger partial charge on any atom is 1.00 e. The number of benzene rings is 6. The van der Waals surface area contributed by atoms with Crippen LogP contribution in [-0.4, -0.2) is 71.6 Å². The van der Waals surface area contributed by atoms with Gasteiger partial charge in [-0.3, -0.25) is 4.18 Å². The molecule has 7 rings (SSSR count). The van der Waals surface area contributed by atoms with Gasteiger partial charge in [0.15, 0.2) is 0 Å². The van der Waals surface area contributed by atoms with Crippen molar-refractivity contribution in [3.8, 4) is 34.5 Å². The zero-order valence-electron chi connectivity index (χ0n) is 35.4. The molecule has 0 bridgehead atoms. The quantitative estimate of drug-likeness (QED) is 0.0342. The van der Waals surface area contributed by atoms with E-state index >= 15 is 0 Å². The Morgan fingerprint density at radius 2 is 0.841 bits per heavy atom. The smallest absolute Gasteiger partial charge is 0.748 e. The van der Waals surface area contributed by atoms with Crippen LogP contribution < -0.4 is 34.3 Å². The van der Waals surface area contributed by atoms with Crippen molar-refractivity contribution in [1.29, 1.82) is 0 Å². The molecular formula is C48H51NaO12S2. The van der Waals surface area contributed by atoms with Gasteiger partial charge in [-0.2, -0.15) is 8.42 Å². The summed E-state index contributed by atoms with van der Waals surface area (Å²) in [4.78, 5) is 0. The Bertz CT molecular complexity index is 2380. The van der Waals surface area contributed by atoms with Crippen molar-refractivity contribution < 1.29 is 85.4 Å². The summed E-state index contributed by atoms with van der Waals surface area (Å²) < 4.78 is 62.9. The van der Waals surface area contributed by atoms with Gasteiger partial charge < -0.3 is 34.8 Å². The van der Waals surface area contributed by atoms with Gasteiger partial charge in [0.2, 0.25) is 0 Å². The molecule has 1 heterocycles. The van der Waals surface area contributed by atoms with E-state index in [0.717, 1.165) is 46.2 Å². The number of hydrogen-bond acceptors (Lipinski definition) is 12. The minimum absolute atomic E-state index is 0. The molecule has 0 aromatic heterocycles. The summed E-state index contributed by atoms with van der Waals surface area (Å²) in [5.74, 6) is 1.48. The van der Waals surface area contributed by atoms with Crippen LogP contribution in [0.25, 0.3) is 0 Å². The molecule has 0 spiro atoms. The molecule has 0 atom stereocenters.